The van der Waals surface area contributed by atoms with Crippen LogP contribution >= 0.6 is 0 Å². The van der Waals surface area contributed by atoms with Crippen molar-refractivity contribution in [1.29, 1.82) is 0 Å². The van der Waals surface area contributed by atoms with Crippen molar-refractivity contribution < 1.29 is 18.3 Å². The maximum Gasteiger partial charge on any atom is 0.321 e. The highest BCUT2D eigenvalue weighted by Crippen LogP contribution is 2.19. The summed E-state index contributed by atoms with van der Waals surface area (Å²) in [4.78, 5) is 11.0. The van der Waals surface area contributed by atoms with Gasteiger partial charge in [-0.15, -0.1) is 0 Å². The molecule has 0 heterocycles. The maximum atomic E-state index is 11.8. The molecule has 0 rings (SSSR count). The van der Waals surface area contributed by atoms with Crippen molar-refractivity contribution in [3.8, 4) is 0 Å². The van der Waals surface area contributed by atoms with Crippen molar-refractivity contribution in [2.75, 3.05) is 5.75 Å². The van der Waals surface area contributed by atoms with Gasteiger partial charge in [0.1, 0.15) is 6.04 Å². The molecule has 0 aliphatic carbocycles. The number of sulfonamides is 1. The van der Waals surface area contributed by atoms with Gasteiger partial charge in [-0.05, 0) is 24.2 Å². The number of hydrogen-bond acceptors (Lipinski definition) is 3. The molecular formula is C12H25NO4S. The lowest BCUT2D eigenvalue weighted by Crippen LogP contribution is -2.43. The Morgan fingerprint density at radius 3 is 2.11 bits per heavy atom. The van der Waals surface area contributed by atoms with Gasteiger partial charge >= 0.3 is 5.97 Å². The monoisotopic (exact) mass is 279 g/mol. The first-order valence-corrected chi connectivity index (χ1v) is 7.81. The van der Waals surface area contributed by atoms with Crippen molar-refractivity contribution in [3.05, 3.63) is 0 Å². The van der Waals surface area contributed by atoms with E-state index >= 15 is 0 Å². The van der Waals surface area contributed by atoms with Gasteiger partial charge in [-0.25, -0.2) is 13.1 Å². The summed E-state index contributed by atoms with van der Waals surface area (Å²) < 4.78 is 25.9. The van der Waals surface area contributed by atoms with E-state index in [9.17, 15) is 13.2 Å². The van der Waals surface area contributed by atoms with Gasteiger partial charge < -0.3 is 5.11 Å². The summed E-state index contributed by atoms with van der Waals surface area (Å²) in [5.41, 5.74) is -0.0917. The molecule has 108 valence electrons. The lowest BCUT2D eigenvalue weighted by molar-refractivity contribution is -0.139. The van der Waals surface area contributed by atoms with Crippen LogP contribution in [0.2, 0.25) is 0 Å². The van der Waals surface area contributed by atoms with Gasteiger partial charge in [0.05, 0.1) is 5.75 Å². The Labute approximate surface area is 110 Å². The quantitative estimate of drug-likeness (QED) is 0.745. The van der Waals surface area contributed by atoms with Crippen molar-refractivity contribution in [2.24, 2.45) is 11.3 Å². The number of aliphatic carboxylic acids is 1. The molecule has 5 nitrogen and oxygen atoms in total. The SMILES string of the molecule is CC(C)C[C@H](NS(=O)(=O)CCC(C)(C)C)C(=O)O. The number of hydrogen-bond donors (Lipinski definition) is 2. The number of carboxylic acid groups (broad SMARTS) is 1. The summed E-state index contributed by atoms with van der Waals surface area (Å²) in [6, 6.07) is -1.03. The van der Waals surface area contributed by atoms with Gasteiger partial charge in [-0.1, -0.05) is 34.6 Å². The minimum absolute atomic E-state index is 0.0433. The van der Waals surface area contributed by atoms with Crippen molar-refractivity contribution in [1.82, 2.24) is 4.72 Å². The largest absolute Gasteiger partial charge is 0.480 e. The molecule has 0 unspecified atom stereocenters. The fourth-order valence-electron chi connectivity index (χ4n) is 1.39. The van der Waals surface area contributed by atoms with E-state index in [0.29, 0.717) is 12.8 Å². The van der Waals surface area contributed by atoms with Crippen LogP contribution in [0.1, 0.15) is 47.5 Å². The number of rotatable bonds is 7. The van der Waals surface area contributed by atoms with Crippen LogP contribution in [0, 0.1) is 11.3 Å². The molecule has 18 heavy (non-hydrogen) atoms. The minimum atomic E-state index is -3.54. The zero-order chi connectivity index (χ0) is 14.6. The van der Waals surface area contributed by atoms with Crippen LogP contribution in [-0.2, 0) is 14.8 Å². The Kier molecular flexibility index (Phi) is 6.29. The van der Waals surface area contributed by atoms with Crippen LogP contribution in [0.3, 0.4) is 0 Å². The molecule has 6 heteroatoms. The molecule has 0 bridgehead atoms. The Bertz CT molecular complexity index is 368. The Morgan fingerprint density at radius 2 is 1.78 bits per heavy atom. The van der Waals surface area contributed by atoms with E-state index in [1.807, 2.05) is 34.6 Å². The summed E-state index contributed by atoms with van der Waals surface area (Å²) in [6.07, 6.45) is 0.792. The molecule has 0 aromatic heterocycles. The third-order valence-electron chi connectivity index (χ3n) is 2.45. The first kappa shape index (κ1) is 17.4. The molecule has 0 saturated carbocycles. The fraction of sp³-hybridized carbons (Fsp3) is 0.917. The highest BCUT2D eigenvalue weighted by Gasteiger charge is 2.25. The second-order valence-corrected chi connectivity index (χ2v) is 8.14. The summed E-state index contributed by atoms with van der Waals surface area (Å²) in [5.74, 6) is -1.04. The van der Waals surface area contributed by atoms with Crippen molar-refractivity contribution in [2.45, 2.75) is 53.5 Å². The normalized spacial score (nSPS) is 14.8. The smallest absolute Gasteiger partial charge is 0.321 e. The Balaban J connectivity index is 4.57. The van der Waals surface area contributed by atoms with Crippen molar-refractivity contribution in [3.63, 3.8) is 0 Å². The zero-order valence-electron chi connectivity index (χ0n) is 11.9. The molecule has 0 aliphatic rings. The van der Waals surface area contributed by atoms with Crippen LogP contribution in [0.15, 0.2) is 0 Å². The zero-order valence-corrected chi connectivity index (χ0v) is 12.7. The van der Waals surface area contributed by atoms with Crippen LogP contribution < -0.4 is 4.72 Å². The number of nitrogens with one attached hydrogen (secondary N) is 1. The van der Waals surface area contributed by atoms with E-state index < -0.39 is 22.0 Å². The van der Waals surface area contributed by atoms with E-state index in [2.05, 4.69) is 4.72 Å². The van der Waals surface area contributed by atoms with E-state index in [1.54, 1.807) is 0 Å². The van der Waals surface area contributed by atoms with Crippen LogP contribution in [0.4, 0.5) is 0 Å². The Hall–Kier alpha value is -0.620. The molecule has 0 aromatic rings. The highest BCUT2D eigenvalue weighted by atomic mass is 32.2. The van der Waals surface area contributed by atoms with Gasteiger partial charge in [0, 0.05) is 0 Å². The molecule has 2 N–H and O–H groups in total. The maximum absolute atomic E-state index is 11.8. The Morgan fingerprint density at radius 1 is 1.28 bits per heavy atom. The van der Waals surface area contributed by atoms with Crippen LogP contribution in [-0.4, -0.2) is 31.3 Å². The van der Waals surface area contributed by atoms with E-state index in [-0.39, 0.29) is 17.1 Å². The predicted molar refractivity (Wildman–Crippen MR) is 71.9 cm³/mol. The first-order chi connectivity index (χ1) is 7.93. The summed E-state index contributed by atoms with van der Waals surface area (Å²) >= 11 is 0. The molecule has 0 spiro atoms. The molecule has 0 radical (unpaired) electrons. The predicted octanol–water partition coefficient (Wildman–Crippen LogP) is 1.84. The summed E-state index contributed by atoms with van der Waals surface area (Å²) in [5, 5.41) is 8.99. The average Bonchev–Trinajstić information content (AvgIpc) is 2.11. The standard InChI is InChI=1S/C12H25NO4S/c1-9(2)8-10(11(14)15)13-18(16,17)7-6-12(3,4)5/h9-10,13H,6-8H2,1-5H3,(H,14,15)/t10-/m0/s1. The molecule has 0 aromatic carbocycles. The van der Waals surface area contributed by atoms with E-state index in [1.165, 1.54) is 0 Å². The van der Waals surface area contributed by atoms with Crippen molar-refractivity contribution >= 4 is 16.0 Å². The molecule has 0 saturated heterocycles. The molecule has 0 fully saturated rings. The molecular weight excluding hydrogens is 254 g/mol. The second kappa shape index (κ2) is 6.52. The van der Waals surface area contributed by atoms with Crippen LogP contribution in [0.25, 0.3) is 0 Å². The topological polar surface area (TPSA) is 83.5 Å². The van der Waals surface area contributed by atoms with Gasteiger partial charge in [0.15, 0.2) is 0 Å². The third-order valence-corrected chi connectivity index (χ3v) is 3.83. The molecule has 1 atom stereocenters. The van der Waals surface area contributed by atoms with Gasteiger partial charge in [-0.2, -0.15) is 0 Å². The molecule has 0 aliphatic heterocycles. The lowest BCUT2D eigenvalue weighted by Gasteiger charge is -2.20. The lowest BCUT2D eigenvalue weighted by atomic mass is 9.94. The van der Waals surface area contributed by atoms with Gasteiger partial charge in [0.2, 0.25) is 10.0 Å². The van der Waals surface area contributed by atoms with Gasteiger partial charge in [-0.3, -0.25) is 4.79 Å². The number of carboxylic acids is 1. The summed E-state index contributed by atoms with van der Waals surface area (Å²) in [6.45, 7) is 9.57. The second-order valence-electron chi connectivity index (χ2n) is 6.27. The van der Waals surface area contributed by atoms with E-state index in [0.717, 1.165) is 0 Å². The minimum Gasteiger partial charge on any atom is -0.480 e. The number of carbonyl (C=O) groups is 1. The summed E-state index contributed by atoms with van der Waals surface area (Å²) in [7, 11) is -3.54. The van der Waals surface area contributed by atoms with E-state index in [4.69, 9.17) is 5.11 Å². The average molecular weight is 279 g/mol. The van der Waals surface area contributed by atoms with Gasteiger partial charge in [0.25, 0.3) is 0 Å². The fourth-order valence-corrected chi connectivity index (χ4v) is 3.02. The van der Waals surface area contributed by atoms with Crippen LogP contribution in [0.5, 0.6) is 0 Å². The first-order valence-electron chi connectivity index (χ1n) is 6.16. The molecule has 0 amide bonds. The third kappa shape index (κ3) is 8.47. The highest BCUT2D eigenvalue weighted by molar-refractivity contribution is 7.89.